The Bertz CT molecular complexity index is 924. The molecule has 2 aromatic rings. The lowest BCUT2D eigenvalue weighted by Gasteiger charge is -2.18. The summed E-state index contributed by atoms with van der Waals surface area (Å²) >= 11 is 0. The van der Waals surface area contributed by atoms with Crippen LogP contribution in [-0.4, -0.2) is 32.1 Å². The third-order valence-corrected chi connectivity index (χ3v) is 4.34. The zero-order valence-corrected chi connectivity index (χ0v) is 15.9. The molecule has 0 aromatic heterocycles. The average molecular weight is 406 g/mol. The molecule has 2 aromatic carbocycles. The molecule has 0 unspecified atom stereocenters. The summed E-state index contributed by atoms with van der Waals surface area (Å²) in [4.78, 5) is 26.5. The number of amides is 3. The number of carbonyl (C=O) groups excluding carboxylic acids is 2. The van der Waals surface area contributed by atoms with Gasteiger partial charge in [0.1, 0.15) is 0 Å². The smallest absolute Gasteiger partial charge is 0.377 e. The second kappa shape index (κ2) is 8.02. The van der Waals surface area contributed by atoms with Crippen LogP contribution in [0, 0.1) is 0 Å². The largest absolute Gasteiger partial charge is 0.416 e. The molecule has 0 saturated heterocycles. The maximum atomic E-state index is 12.8. The van der Waals surface area contributed by atoms with Gasteiger partial charge < -0.3 is 20.9 Å². The summed E-state index contributed by atoms with van der Waals surface area (Å²) in [6.45, 7) is 0. The Balaban J connectivity index is 1.74. The van der Waals surface area contributed by atoms with Crippen LogP contribution in [0.25, 0.3) is 0 Å². The molecule has 6 nitrogen and oxygen atoms in total. The van der Waals surface area contributed by atoms with Crippen molar-refractivity contribution in [1.29, 1.82) is 0 Å². The molecule has 0 heterocycles. The van der Waals surface area contributed by atoms with Crippen LogP contribution in [-0.2, 0) is 6.18 Å². The fraction of sp³-hybridized carbons (Fsp3) is 0.300. The Labute approximate surface area is 166 Å². The molecule has 1 aliphatic carbocycles. The Morgan fingerprint density at radius 2 is 1.66 bits per heavy atom. The highest BCUT2D eigenvalue weighted by Crippen LogP contribution is 2.31. The summed E-state index contributed by atoms with van der Waals surface area (Å²) in [6, 6.07) is 8.67. The molecule has 0 spiro atoms. The van der Waals surface area contributed by atoms with Crippen molar-refractivity contribution in [2.75, 3.05) is 29.6 Å². The highest BCUT2D eigenvalue weighted by molar-refractivity contribution is 6.04. The van der Waals surface area contributed by atoms with E-state index in [-0.39, 0.29) is 17.6 Å². The summed E-state index contributed by atoms with van der Waals surface area (Å²) < 4.78 is 38.4. The summed E-state index contributed by atoms with van der Waals surface area (Å²) in [5.41, 5.74) is 0.588. The lowest BCUT2D eigenvalue weighted by molar-refractivity contribution is -0.137. The standard InChI is InChI=1S/C20H21F3N4O2/c1-27(2)17-9-8-15(11-16(17)18(28)24-13-6-7-13)26-19(29)25-14-5-3-4-12(10-14)20(21,22)23/h3-5,8-11,13H,6-7H2,1-2H3,(H,24,28)(H2,25,26,29). The van der Waals surface area contributed by atoms with Gasteiger partial charge in [0, 0.05) is 37.2 Å². The van der Waals surface area contributed by atoms with E-state index in [1.807, 2.05) is 0 Å². The van der Waals surface area contributed by atoms with Gasteiger partial charge in [0.15, 0.2) is 0 Å². The van der Waals surface area contributed by atoms with Gasteiger partial charge >= 0.3 is 12.2 Å². The second-order valence-corrected chi connectivity index (χ2v) is 7.03. The molecule has 3 amide bonds. The predicted octanol–water partition coefficient (Wildman–Crippen LogP) is 4.31. The van der Waals surface area contributed by atoms with Gasteiger partial charge in [0.25, 0.3) is 5.91 Å². The van der Waals surface area contributed by atoms with Gasteiger partial charge in [-0.05, 0) is 49.2 Å². The number of hydrogen-bond acceptors (Lipinski definition) is 3. The van der Waals surface area contributed by atoms with Gasteiger partial charge in [-0.3, -0.25) is 4.79 Å². The number of benzene rings is 2. The van der Waals surface area contributed by atoms with Crippen molar-refractivity contribution in [2.45, 2.75) is 25.1 Å². The molecule has 9 heteroatoms. The number of urea groups is 1. The van der Waals surface area contributed by atoms with E-state index in [2.05, 4.69) is 16.0 Å². The molecule has 1 saturated carbocycles. The van der Waals surface area contributed by atoms with E-state index in [0.717, 1.165) is 25.0 Å². The Morgan fingerprint density at radius 1 is 1.00 bits per heavy atom. The van der Waals surface area contributed by atoms with Crippen LogP contribution in [0.5, 0.6) is 0 Å². The van der Waals surface area contributed by atoms with Crippen LogP contribution in [0.2, 0.25) is 0 Å². The molecule has 154 valence electrons. The molecule has 1 fully saturated rings. The zero-order valence-electron chi connectivity index (χ0n) is 15.9. The maximum Gasteiger partial charge on any atom is 0.416 e. The molecule has 1 aliphatic rings. The van der Waals surface area contributed by atoms with Gasteiger partial charge in [-0.2, -0.15) is 13.2 Å². The molecule has 3 N–H and O–H groups in total. The fourth-order valence-corrected chi connectivity index (χ4v) is 2.74. The fourth-order valence-electron chi connectivity index (χ4n) is 2.74. The third-order valence-electron chi connectivity index (χ3n) is 4.34. The van der Waals surface area contributed by atoms with Crippen LogP contribution < -0.4 is 20.9 Å². The molecule has 0 atom stereocenters. The lowest BCUT2D eigenvalue weighted by Crippen LogP contribution is -2.28. The van der Waals surface area contributed by atoms with Gasteiger partial charge in [-0.15, -0.1) is 0 Å². The number of nitrogens with zero attached hydrogens (tertiary/aromatic N) is 1. The molecule has 29 heavy (non-hydrogen) atoms. The minimum absolute atomic E-state index is 0.00827. The number of hydrogen-bond donors (Lipinski definition) is 3. The lowest BCUT2D eigenvalue weighted by atomic mass is 10.1. The van der Waals surface area contributed by atoms with Crippen LogP contribution in [0.1, 0.15) is 28.8 Å². The quantitative estimate of drug-likeness (QED) is 0.693. The minimum Gasteiger partial charge on any atom is -0.377 e. The minimum atomic E-state index is -4.50. The van der Waals surface area contributed by atoms with E-state index in [1.54, 1.807) is 37.2 Å². The molecule has 0 bridgehead atoms. The SMILES string of the molecule is CN(C)c1ccc(NC(=O)Nc2cccc(C(F)(F)F)c2)cc1C(=O)NC1CC1. The first kappa shape index (κ1) is 20.5. The zero-order chi connectivity index (χ0) is 21.2. The molecule has 0 radical (unpaired) electrons. The maximum absolute atomic E-state index is 12.8. The Hall–Kier alpha value is -3.23. The summed E-state index contributed by atoms with van der Waals surface area (Å²) in [5.74, 6) is -0.238. The first-order chi connectivity index (χ1) is 13.6. The van der Waals surface area contributed by atoms with Crippen molar-refractivity contribution < 1.29 is 22.8 Å². The first-order valence-corrected chi connectivity index (χ1v) is 9.01. The predicted molar refractivity (Wildman–Crippen MR) is 105 cm³/mol. The van der Waals surface area contributed by atoms with Crippen molar-refractivity contribution >= 4 is 29.0 Å². The number of anilines is 3. The van der Waals surface area contributed by atoms with E-state index < -0.39 is 17.8 Å². The van der Waals surface area contributed by atoms with E-state index in [4.69, 9.17) is 0 Å². The van der Waals surface area contributed by atoms with Crippen molar-refractivity contribution in [3.05, 3.63) is 53.6 Å². The molecular weight excluding hydrogens is 385 g/mol. The number of carbonyl (C=O) groups is 2. The molecular formula is C20H21F3N4O2. The Morgan fingerprint density at radius 3 is 2.24 bits per heavy atom. The van der Waals surface area contributed by atoms with Crippen molar-refractivity contribution in [3.8, 4) is 0 Å². The van der Waals surface area contributed by atoms with Gasteiger partial charge in [-0.25, -0.2) is 4.79 Å². The summed E-state index contributed by atoms with van der Waals surface area (Å²) in [6.07, 6.45) is -2.61. The van der Waals surface area contributed by atoms with Gasteiger partial charge in [-0.1, -0.05) is 6.07 Å². The summed E-state index contributed by atoms with van der Waals surface area (Å²) in [5, 5.41) is 7.82. The van der Waals surface area contributed by atoms with Gasteiger partial charge in [0.05, 0.1) is 11.1 Å². The van der Waals surface area contributed by atoms with Crippen LogP contribution in [0.15, 0.2) is 42.5 Å². The van der Waals surface area contributed by atoms with E-state index in [0.29, 0.717) is 16.9 Å². The van der Waals surface area contributed by atoms with Crippen LogP contribution in [0.3, 0.4) is 0 Å². The molecule has 3 rings (SSSR count). The molecule has 0 aliphatic heterocycles. The number of rotatable bonds is 5. The number of nitrogens with one attached hydrogen (secondary N) is 3. The monoisotopic (exact) mass is 406 g/mol. The van der Waals surface area contributed by atoms with Crippen molar-refractivity contribution in [3.63, 3.8) is 0 Å². The van der Waals surface area contributed by atoms with Crippen LogP contribution in [0.4, 0.5) is 35.0 Å². The second-order valence-electron chi connectivity index (χ2n) is 7.03. The first-order valence-electron chi connectivity index (χ1n) is 9.01. The third kappa shape index (κ3) is 5.40. The van der Waals surface area contributed by atoms with Gasteiger partial charge in [0.2, 0.25) is 0 Å². The van der Waals surface area contributed by atoms with E-state index >= 15 is 0 Å². The highest BCUT2D eigenvalue weighted by atomic mass is 19.4. The van der Waals surface area contributed by atoms with E-state index in [1.165, 1.54) is 12.1 Å². The Kier molecular flexibility index (Phi) is 5.67. The highest BCUT2D eigenvalue weighted by Gasteiger charge is 2.30. The summed E-state index contributed by atoms with van der Waals surface area (Å²) in [7, 11) is 3.60. The number of alkyl halides is 3. The van der Waals surface area contributed by atoms with E-state index in [9.17, 15) is 22.8 Å². The normalized spacial score (nSPS) is 13.6. The average Bonchev–Trinajstić information content (AvgIpc) is 3.44. The number of halogens is 3. The van der Waals surface area contributed by atoms with Crippen molar-refractivity contribution in [2.24, 2.45) is 0 Å². The van der Waals surface area contributed by atoms with Crippen LogP contribution >= 0.6 is 0 Å². The van der Waals surface area contributed by atoms with Crippen molar-refractivity contribution in [1.82, 2.24) is 5.32 Å². The topological polar surface area (TPSA) is 73.5 Å².